The van der Waals surface area contributed by atoms with Gasteiger partial charge in [0.15, 0.2) is 0 Å². The molecule has 118 valence electrons. The van der Waals surface area contributed by atoms with E-state index in [0.29, 0.717) is 15.4 Å². The number of aryl methyl sites for hydroxylation is 2. The Morgan fingerprint density at radius 2 is 1.86 bits per heavy atom. The fraction of sp³-hybridized carbons (Fsp3) is 0.267. The van der Waals surface area contributed by atoms with Crippen molar-refractivity contribution in [3.05, 3.63) is 46.3 Å². The summed E-state index contributed by atoms with van der Waals surface area (Å²) in [6, 6.07) is 8.19. The quantitative estimate of drug-likeness (QED) is 0.848. The molecule has 0 unspecified atom stereocenters. The Labute approximate surface area is 134 Å². The van der Waals surface area contributed by atoms with E-state index in [2.05, 4.69) is 4.72 Å². The van der Waals surface area contributed by atoms with Crippen molar-refractivity contribution in [1.29, 1.82) is 0 Å². The molecule has 0 aliphatic rings. The van der Waals surface area contributed by atoms with E-state index in [1.165, 1.54) is 0 Å². The van der Waals surface area contributed by atoms with Crippen LogP contribution in [0.15, 0.2) is 35.2 Å². The number of rotatable bonds is 5. The van der Waals surface area contributed by atoms with Crippen LogP contribution in [0.2, 0.25) is 0 Å². The molecule has 1 heterocycles. The fourth-order valence-corrected chi connectivity index (χ4v) is 4.09. The Kier molecular flexibility index (Phi) is 4.87. The van der Waals surface area contributed by atoms with Crippen LogP contribution in [-0.4, -0.2) is 21.0 Å². The van der Waals surface area contributed by atoms with Crippen LogP contribution in [0.5, 0.6) is 0 Å². The summed E-state index contributed by atoms with van der Waals surface area (Å²) in [6.45, 7) is 5.63. The van der Waals surface area contributed by atoms with Crippen LogP contribution in [0.25, 0.3) is 0 Å². The molecule has 5 nitrogen and oxygen atoms in total. The molecule has 0 spiro atoms. The van der Waals surface area contributed by atoms with Crippen molar-refractivity contribution in [2.45, 2.75) is 25.7 Å². The van der Waals surface area contributed by atoms with E-state index in [-0.39, 0.29) is 11.5 Å². The number of hydrogen-bond acceptors (Lipinski definition) is 5. The van der Waals surface area contributed by atoms with Crippen molar-refractivity contribution in [3.63, 3.8) is 0 Å². The molecule has 2 rings (SSSR count). The first-order valence-electron chi connectivity index (χ1n) is 6.70. The lowest BCUT2D eigenvalue weighted by molar-refractivity contribution is 0.0531. The zero-order chi connectivity index (χ0) is 16.3. The van der Waals surface area contributed by atoms with E-state index in [0.717, 1.165) is 16.9 Å². The number of thiophene rings is 1. The fourth-order valence-electron chi connectivity index (χ4n) is 1.84. The topological polar surface area (TPSA) is 72.5 Å². The van der Waals surface area contributed by atoms with Gasteiger partial charge in [-0.1, -0.05) is 17.7 Å². The predicted molar refractivity (Wildman–Crippen MR) is 87.0 cm³/mol. The van der Waals surface area contributed by atoms with Crippen molar-refractivity contribution in [3.8, 4) is 0 Å². The van der Waals surface area contributed by atoms with Crippen LogP contribution in [0.3, 0.4) is 0 Å². The number of carbonyl (C=O) groups excluding carboxylic acids is 1. The van der Waals surface area contributed by atoms with E-state index < -0.39 is 16.0 Å². The molecule has 0 saturated heterocycles. The molecule has 0 saturated carbocycles. The Morgan fingerprint density at radius 1 is 1.23 bits per heavy atom. The Balaban J connectivity index is 2.25. The van der Waals surface area contributed by atoms with Gasteiger partial charge in [-0.25, -0.2) is 13.2 Å². The molecule has 0 bridgehead atoms. The van der Waals surface area contributed by atoms with Crippen molar-refractivity contribution in [2.75, 3.05) is 11.3 Å². The normalized spacial score (nSPS) is 11.2. The van der Waals surface area contributed by atoms with Crippen molar-refractivity contribution in [1.82, 2.24) is 0 Å². The second-order valence-electron chi connectivity index (χ2n) is 4.76. The van der Waals surface area contributed by atoms with Gasteiger partial charge in [-0.05, 0) is 44.5 Å². The third kappa shape index (κ3) is 3.66. The number of ether oxygens (including phenoxy) is 1. The van der Waals surface area contributed by atoms with Gasteiger partial charge in [0.1, 0.15) is 9.88 Å². The van der Waals surface area contributed by atoms with Crippen molar-refractivity contribution < 1.29 is 17.9 Å². The van der Waals surface area contributed by atoms with Gasteiger partial charge in [0.2, 0.25) is 0 Å². The van der Waals surface area contributed by atoms with Crippen LogP contribution in [-0.2, 0) is 14.8 Å². The third-order valence-electron chi connectivity index (χ3n) is 2.94. The average Bonchev–Trinajstić information content (AvgIpc) is 2.79. The first kappa shape index (κ1) is 16.5. The molecule has 1 aromatic heterocycles. The molecule has 0 amide bonds. The molecule has 0 fully saturated rings. The summed E-state index contributed by atoms with van der Waals surface area (Å²) in [5, 5.41) is 0.390. The summed E-state index contributed by atoms with van der Waals surface area (Å²) in [4.78, 5) is 12.4. The maximum absolute atomic E-state index is 12.3. The lowest BCUT2D eigenvalue weighted by atomic mass is 10.2. The van der Waals surface area contributed by atoms with E-state index in [4.69, 9.17) is 4.74 Å². The predicted octanol–water partition coefficient (Wildman–Crippen LogP) is 3.34. The standard InChI is InChI=1S/C15H17NO4S2/c1-4-20-15(17)14-11(3)9-13(21-14)16-22(18,19)12-7-5-10(2)6-8-12/h5-9,16H,4H2,1-3H3. The smallest absolute Gasteiger partial charge is 0.348 e. The second-order valence-corrected chi connectivity index (χ2v) is 7.50. The molecule has 0 radical (unpaired) electrons. The minimum Gasteiger partial charge on any atom is -0.462 e. The van der Waals surface area contributed by atoms with E-state index in [9.17, 15) is 13.2 Å². The van der Waals surface area contributed by atoms with Gasteiger partial charge < -0.3 is 4.74 Å². The van der Waals surface area contributed by atoms with E-state index in [1.54, 1.807) is 44.2 Å². The van der Waals surface area contributed by atoms with Crippen molar-refractivity contribution >= 4 is 32.3 Å². The highest BCUT2D eigenvalue weighted by molar-refractivity contribution is 7.93. The zero-order valence-electron chi connectivity index (χ0n) is 12.5. The van der Waals surface area contributed by atoms with Crippen LogP contribution < -0.4 is 4.72 Å². The van der Waals surface area contributed by atoms with E-state index >= 15 is 0 Å². The van der Waals surface area contributed by atoms with Gasteiger partial charge >= 0.3 is 5.97 Å². The highest BCUT2D eigenvalue weighted by atomic mass is 32.2. The summed E-state index contributed by atoms with van der Waals surface area (Å²) < 4.78 is 32.1. The molecule has 0 aliphatic heterocycles. The van der Waals surface area contributed by atoms with Gasteiger partial charge in [-0.2, -0.15) is 0 Å². The number of anilines is 1. The highest BCUT2D eigenvalue weighted by Gasteiger charge is 2.19. The first-order valence-corrected chi connectivity index (χ1v) is 9.00. The van der Waals surface area contributed by atoms with Crippen LogP contribution in [0, 0.1) is 13.8 Å². The lowest BCUT2D eigenvalue weighted by Crippen LogP contribution is -2.11. The van der Waals surface area contributed by atoms with Crippen LogP contribution >= 0.6 is 11.3 Å². The first-order chi connectivity index (χ1) is 10.3. The largest absolute Gasteiger partial charge is 0.462 e. The van der Waals surface area contributed by atoms with Crippen LogP contribution in [0.1, 0.15) is 27.7 Å². The summed E-state index contributed by atoms with van der Waals surface area (Å²) in [6.07, 6.45) is 0. The maximum Gasteiger partial charge on any atom is 0.348 e. The number of sulfonamides is 1. The summed E-state index contributed by atoms with van der Waals surface area (Å²) in [7, 11) is -3.66. The van der Waals surface area contributed by atoms with Gasteiger partial charge in [-0.3, -0.25) is 4.72 Å². The zero-order valence-corrected chi connectivity index (χ0v) is 14.2. The molecule has 1 N–H and O–H groups in total. The summed E-state index contributed by atoms with van der Waals surface area (Å²) in [5.41, 5.74) is 1.67. The number of benzene rings is 1. The number of nitrogens with one attached hydrogen (secondary N) is 1. The average molecular weight is 339 g/mol. The van der Waals surface area contributed by atoms with Gasteiger partial charge in [0, 0.05) is 0 Å². The minimum atomic E-state index is -3.66. The molecular weight excluding hydrogens is 322 g/mol. The van der Waals surface area contributed by atoms with Gasteiger partial charge in [-0.15, -0.1) is 11.3 Å². The number of carbonyl (C=O) groups is 1. The number of esters is 1. The summed E-state index contributed by atoms with van der Waals surface area (Å²) >= 11 is 1.07. The Bertz CT molecular complexity index is 776. The maximum atomic E-state index is 12.3. The highest BCUT2D eigenvalue weighted by Crippen LogP contribution is 2.29. The number of hydrogen-bond donors (Lipinski definition) is 1. The monoisotopic (exact) mass is 339 g/mol. The van der Waals surface area contributed by atoms with Crippen molar-refractivity contribution in [2.24, 2.45) is 0 Å². The SMILES string of the molecule is CCOC(=O)c1sc(NS(=O)(=O)c2ccc(C)cc2)cc1C. The van der Waals surface area contributed by atoms with Crippen LogP contribution in [0.4, 0.5) is 5.00 Å². The molecule has 22 heavy (non-hydrogen) atoms. The van der Waals surface area contributed by atoms with Gasteiger partial charge in [0.05, 0.1) is 11.5 Å². The molecule has 0 atom stereocenters. The minimum absolute atomic E-state index is 0.182. The third-order valence-corrected chi connectivity index (χ3v) is 5.59. The molecule has 1 aromatic carbocycles. The summed E-state index contributed by atoms with van der Waals surface area (Å²) in [5.74, 6) is -0.439. The van der Waals surface area contributed by atoms with Gasteiger partial charge in [0.25, 0.3) is 10.0 Å². The Morgan fingerprint density at radius 3 is 2.45 bits per heavy atom. The Hall–Kier alpha value is -1.86. The molecule has 0 aliphatic carbocycles. The molecule has 2 aromatic rings. The molecule has 7 heteroatoms. The second kappa shape index (κ2) is 6.50. The lowest BCUT2D eigenvalue weighted by Gasteiger charge is -2.06. The van der Waals surface area contributed by atoms with E-state index in [1.807, 2.05) is 6.92 Å². The molecular formula is C15H17NO4S2.